The predicted molar refractivity (Wildman–Crippen MR) is 90.1 cm³/mol. The van der Waals surface area contributed by atoms with E-state index in [-0.39, 0.29) is 0 Å². The van der Waals surface area contributed by atoms with Gasteiger partial charge in [0.2, 0.25) is 0 Å². The van der Waals surface area contributed by atoms with Gasteiger partial charge in [-0.3, -0.25) is 0 Å². The molecule has 1 heterocycles. The molecule has 0 aliphatic heterocycles. The van der Waals surface area contributed by atoms with E-state index in [1.54, 1.807) is 0 Å². The number of thiophene rings is 1. The van der Waals surface area contributed by atoms with E-state index < -0.39 is 0 Å². The SMILES string of the molecule is CNC(c1cc(C)c(C)s1)c1c(C)c(C)cc(C)c1C. The highest BCUT2D eigenvalue weighted by Gasteiger charge is 2.21. The Balaban J connectivity index is 2.63. The molecule has 0 aliphatic carbocycles. The van der Waals surface area contributed by atoms with Crippen molar-refractivity contribution < 1.29 is 0 Å². The maximum atomic E-state index is 3.52. The summed E-state index contributed by atoms with van der Waals surface area (Å²) in [7, 11) is 2.06. The summed E-state index contributed by atoms with van der Waals surface area (Å²) in [6.45, 7) is 13.3. The Morgan fingerprint density at radius 2 is 1.40 bits per heavy atom. The van der Waals surface area contributed by atoms with Gasteiger partial charge in [-0.2, -0.15) is 0 Å². The van der Waals surface area contributed by atoms with E-state index in [1.807, 2.05) is 11.3 Å². The molecule has 20 heavy (non-hydrogen) atoms. The Morgan fingerprint density at radius 1 is 0.850 bits per heavy atom. The van der Waals surface area contributed by atoms with Gasteiger partial charge in [0, 0.05) is 9.75 Å². The minimum absolute atomic E-state index is 0.297. The summed E-state index contributed by atoms with van der Waals surface area (Å²) in [6, 6.07) is 4.93. The van der Waals surface area contributed by atoms with Crippen LogP contribution in [0.25, 0.3) is 0 Å². The van der Waals surface area contributed by atoms with Gasteiger partial charge in [-0.05, 0) is 88.0 Å². The molecule has 0 amide bonds. The lowest BCUT2D eigenvalue weighted by Crippen LogP contribution is -2.19. The van der Waals surface area contributed by atoms with Gasteiger partial charge in [0.1, 0.15) is 0 Å². The molecular weight excluding hydrogens is 262 g/mol. The number of nitrogens with one attached hydrogen (secondary N) is 1. The average molecular weight is 287 g/mol. The van der Waals surface area contributed by atoms with Crippen molar-refractivity contribution in [3.8, 4) is 0 Å². The average Bonchev–Trinajstić information content (AvgIpc) is 2.72. The van der Waals surface area contributed by atoms with E-state index in [0.717, 1.165) is 0 Å². The molecule has 0 fully saturated rings. The molecule has 0 radical (unpaired) electrons. The number of rotatable bonds is 3. The molecular formula is C18H25NS. The molecule has 2 rings (SSSR count). The van der Waals surface area contributed by atoms with Crippen molar-refractivity contribution >= 4 is 11.3 Å². The van der Waals surface area contributed by atoms with E-state index in [0.29, 0.717) is 6.04 Å². The molecule has 0 bridgehead atoms. The van der Waals surface area contributed by atoms with E-state index in [1.165, 1.54) is 43.1 Å². The lowest BCUT2D eigenvalue weighted by atomic mass is 9.89. The van der Waals surface area contributed by atoms with Gasteiger partial charge in [-0.1, -0.05) is 6.07 Å². The minimum Gasteiger partial charge on any atom is -0.309 e. The lowest BCUT2D eigenvalue weighted by Gasteiger charge is -2.23. The van der Waals surface area contributed by atoms with E-state index in [2.05, 4.69) is 66.0 Å². The highest BCUT2D eigenvalue weighted by molar-refractivity contribution is 7.12. The second-order valence-corrected chi connectivity index (χ2v) is 7.07. The summed E-state index contributed by atoms with van der Waals surface area (Å²) in [5.74, 6) is 0. The highest BCUT2D eigenvalue weighted by atomic mass is 32.1. The zero-order valence-corrected chi connectivity index (χ0v) is 14.5. The van der Waals surface area contributed by atoms with Gasteiger partial charge in [-0.25, -0.2) is 0 Å². The quantitative estimate of drug-likeness (QED) is 0.846. The van der Waals surface area contributed by atoms with Crippen LogP contribution in [0.4, 0.5) is 0 Å². The molecule has 1 atom stereocenters. The Kier molecular flexibility index (Phi) is 4.36. The van der Waals surface area contributed by atoms with Crippen LogP contribution in [0, 0.1) is 41.5 Å². The Bertz CT molecular complexity index is 592. The fraction of sp³-hybridized carbons (Fsp3) is 0.444. The van der Waals surface area contributed by atoms with Crippen LogP contribution in [0.5, 0.6) is 0 Å². The van der Waals surface area contributed by atoms with Gasteiger partial charge >= 0.3 is 0 Å². The standard InChI is InChI=1S/C18H25NS/c1-10-8-11(2)14(5)17(13(10)4)18(19-7)16-9-12(3)15(6)20-16/h8-9,18-19H,1-7H3. The Morgan fingerprint density at radius 3 is 1.80 bits per heavy atom. The van der Waals surface area contributed by atoms with E-state index in [4.69, 9.17) is 0 Å². The first-order valence-corrected chi connectivity index (χ1v) is 8.00. The van der Waals surface area contributed by atoms with Gasteiger partial charge in [-0.15, -0.1) is 11.3 Å². The maximum Gasteiger partial charge on any atom is 0.0674 e. The monoisotopic (exact) mass is 287 g/mol. The molecule has 108 valence electrons. The zero-order valence-electron chi connectivity index (χ0n) is 13.6. The first-order valence-electron chi connectivity index (χ1n) is 7.18. The van der Waals surface area contributed by atoms with Gasteiger partial charge < -0.3 is 5.32 Å². The number of hydrogen-bond acceptors (Lipinski definition) is 2. The number of aryl methyl sites for hydroxylation is 4. The molecule has 1 aromatic heterocycles. The molecule has 0 saturated carbocycles. The summed E-state index contributed by atoms with van der Waals surface area (Å²) >= 11 is 1.91. The normalized spacial score (nSPS) is 12.8. The van der Waals surface area contributed by atoms with Gasteiger partial charge in [0.15, 0.2) is 0 Å². The van der Waals surface area contributed by atoms with Crippen LogP contribution in [-0.2, 0) is 0 Å². The molecule has 0 saturated heterocycles. The van der Waals surface area contributed by atoms with Crippen molar-refractivity contribution in [1.82, 2.24) is 5.32 Å². The fourth-order valence-corrected chi connectivity index (χ4v) is 4.02. The van der Waals surface area contributed by atoms with Crippen LogP contribution < -0.4 is 5.32 Å². The van der Waals surface area contributed by atoms with Crippen LogP contribution >= 0.6 is 11.3 Å². The van der Waals surface area contributed by atoms with Crippen molar-refractivity contribution in [1.29, 1.82) is 0 Å². The van der Waals surface area contributed by atoms with Crippen molar-refractivity contribution in [3.05, 3.63) is 55.3 Å². The van der Waals surface area contributed by atoms with Crippen molar-refractivity contribution in [2.75, 3.05) is 7.05 Å². The van der Waals surface area contributed by atoms with Crippen molar-refractivity contribution in [2.45, 2.75) is 47.6 Å². The number of benzene rings is 1. The summed E-state index contributed by atoms with van der Waals surface area (Å²) in [5.41, 5.74) is 8.44. The molecule has 1 aromatic carbocycles. The molecule has 1 nitrogen and oxygen atoms in total. The van der Waals surface area contributed by atoms with E-state index in [9.17, 15) is 0 Å². The number of hydrogen-bond donors (Lipinski definition) is 1. The molecule has 2 aromatic rings. The first kappa shape index (κ1) is 15.3. The first-order chi connectivity index (χ1) is 9.36. The van der Waals surface area contributed by atoms with E-state index >= 15 is 0 Å². The second kappa shape index (κ2) is 5.71. The summed E-state index contributed by atoms with van der Waals surface area (Å²) in [6.07, 6.45) is 0. The Labute approximate surface area is 127 Å². The highest BCUT2D eigenvalue weighted by Crippen LogP contribution is 2.35. The van der Waals surface area contributed by atoms with Crippen molar-refractivity contribution in [3.63, 3.8) is 0 Å². The third-order valence-electron chi connectivity index (χ3n) is 4.47. The van der Waals surface area contributed by atoms with Gasteiger partial charge in [0.05, 0.1) is 6.04 Å². The summed E-state index contributed by atoms with van der Waals surface area (Å²) in [5, 5.41) is 3.52. The largest absolute Gasteiger partial charge is 0.309 e. The summed E-state index contributed by atoms with van der Waals surface area (Å²) < 4.78 is 0. The Hall–Kier alpha value is -1.12. The minimum atomic E-state index is 0.297. The van der Waals surface area contributed by atoms with Crippen molar-refractivity contribution in [2.24, 2.45) is 0 Å². The predicted octanol–water partition coefficient (Wildman–Crippen LogP) is 4.91. The third kappa shape index (κ3) is 2.55. The molecule has 1 N–H and O–H groups in total. The van der Waals surface area contributed by atoms with Crippen LogP contribution in [0.15, 0.2) is 12.1 Å². The molecule has 1 unspecified atom stereocenters. The smallest absolute Gasteiger partial charge is 0.0674 e. The summed E-state index contributed by atoms with van der Waals surface area (Å²) in [4.78, 5) is 2.83. The third-order valence-corrected chi connectivity index (χ3v) is 5.69. The van der Waals surface area contributed by atoms with Crippen LogP contribution in [0.2, 0.25) is 0 Å². The van der Waals surface area contributed by atoms with Crippen LogP contribution in [-0.4, -0.2) is 7.05 Å². The zero-order chi connectivity index (χ0) is 15.0. The molecule has 0 spiro atoms. The fourth-order valence-electron chi connectivity index (χ4n) is 2.85. The van der Waals surface area contributed by atoms with Gasteiger partial charge in [0.25, 0.3) is 0 Å². The molecule has 0 aliphatic rings. The van der Waals surface area contributed by atoms with Crippen LogP contribution in [0.3, 0.4) is 0 Å². The second-order valence-electron chi connectivity index (χ2n) is 5.78. The maximum absolute atomic E-state index is 3.52. The topological polar surface area (TPSA) is 12.0 Å². The lowest BCUT2D eigenvalue weighted by molar-refractivity contribution is 0.692. The van der Waals surface area contributed by atoms with Crippen LogP contribution in [0.1, 0.15) is 49.2 Å². The molecule has 2 heteroatoms.